The molecule has 0 spiro atoms. The molecular weight excluding hydrogens is 260 g/mol. The SMILES string of the molecule is C=CCCC(CCC=C)(CC1CC(C)O1)CC1CC(C)O1. The van der Waals surface area contributed by atoms with Crippen LogP contribution in [0.3, 0.4) is 0 Å². The van der Waals surface area contributed by atoms with E-state index < -0.39 is 0 Å². The summed E-state index contributed by atoms with van der Waals surface area (Å²) < 4.78 is 11.8. The first-order chi connectivity index (χ1) is 10.1. The van der Waals surface area contributed by atoms with Crippen molar-refractivity contribution in [1.82, 2.24) is 0 Å². The van der Waals surface area contributed by atoms with Gasteiger partial charge < -0.3 is 9.47 Å². The van der Waals surface area contributed by atoms with Crippen molar-refractivity contribution in [1.29, 1.82) is 0 Å². The van der Waals surface area contributed by atoms with Crippen LogP contribution in [0.2, 0.25) is 0 Å². The molecule has 0 aromatic carbocycles. The van der Waals surface area contributed by atoms with Crippen LogP contribution < -0.4 is 0 Å². The quantitative estimate of drug-likeness (QED) is 0.525. The van der Waals surface area contributed by atoms with Gasteiger partial charge in [-0.05, 0) is 70.6 Å². The molecule has 0 aromatic heterocycles. The maximum atomic E-state index is 5.92. The molecule has 2 rings (SSSR count). The zero-order valence-corrected chi connectivity index (χ0v) is 13.9. The highest BCUT2D eigenvalue weighted by atomic mass is 16.5. The Morgan fingerprint density at radius 3 is 1.57 bits per heavy atom. The fourth-order valence-electron chi connectivity index (χ4n) is 4.04. The zero-order chi connectivity index (χ0) is 15.3. The molecule has 4 unspecified atom stereocenters. The van der Waals surface area contributed by atoms with Crippen LogP contribution in [0.25, 0.3) is 0 Å². The van der Waals surface area contributed by atoms with Gasteiger partial charge in [0.1, 0.15) is 0 Å². The Morgan fingerprint density at radius 1 is 0.905 bits per heavy atom. The maximum Gasteiger partial charge on any atom is 0.0608 e. The number of allylic oxidation sites excluding steroid dienone is 2. The molecule has 2 heterocycles. The minimum atomic E-state index is 0.331. The molecule has 0 saturated carbocycles. The largest absolute Gasteiger partial charge is 0.375 e. The molecule has 0 bridgehead atoms. The second-order valence-electron chi connectivity index (χ2n) is 7.17. The first-order valence-electron chi connectivity index (χ1n) is 8.59. The third kappa shape index (κ3) is 4.69. The van der Waals surface area contributed by atoms with Gasteiger partial charge in [0.25, 0.3) is 0 Å². The standard InChI is InChI=1S/C19H32O2/c1-5-7-9-19(10-8-6-2,13-17-11-15(3)20-17)14-18-12-16(4)21-18/h5-6,15-18H,1-2,7-14H2,3-4H3. The summed E-state index contributed by atoms with van der Waals surface area (Å²) in [5.74, 6) is 0. The van der Waals surface area contributed by atoms with E-state index in [0.29, 0.717) is 29.8 Å². The molecule has 4 atom stereocenters. The second kappa shape index (κ2) is 7.60. The van der Waals surface area contributed by atoms with Gasteiger partial charge in [0, 0.05) is 0 Å². The number of ether oxygens (including phenoxy) is 2. The molecule has 120 valence electrons. The number of hydrogen-bond donors (Lipinski definition) is 0. The molecule has 2 aliphatic heterocycles. The van der Waals surface area contributed by atoms with E-state index in [0.717, 1.165) is 12.8 Å². The van der Waals surface area contributed by atoms with Gasteiger partial charge in [-0.1, -0.05) is 12.2 Å². The highest BCUT2D eigenvalue weighted by molar-refractivity contribution is 4.93. The summed E-state index contributed by atoms with van der Waals surface area (Å²) in [6, 6.07) is 0. The Morgan fingerprint density at radius 2 is 1.29 bits per heavy atom. The minimum absolute atomic E-state index is 0.331. The highest BCUT2D eigenvalue weighted by Gasteiger charge is 2.41. The zero-order valence-electron chi connectivity index (χ0n) is 13.9. The molecule has 0 radical (unpaired) electrons. The third-order valence-electron chi connectivity index (χ3n) is 5.12. The van der Waals surface area contributed by atoms with E-state index in [1.165, 1.54) is 38.5 Å². The molecule has 0 aromatic rings. The molecule has 2 nitrogen and oxygen atoms in total. The van der Waals surface area contributed by atoms with E-state index in [1.54, 1.807) is 0 Å². The van der Waals surface area contributed by atoms with Gasteiger partial charge in [-0.25, -0.2) is 0 Å². The lowest BCUT2D eigenvalue weighted by atomic mass is 9.68. The predicted molar refractivity (Wildman–Crippen MR) is 88.4 cm³/mol. The molecule has 2 aliphatic rings. The average Bonchev–Trinajstić information content (AvgIpc) is 2.39. The van der Waals surface area contributed by atoms with Crippen LogP contribution in [0.15, 0.2) is 25.3 Å². The van der Waals surface area contributed by atoms with Crippen LogP contribution in [0.5, 0.6) is 0 Å². The first kappa shape index (κ1) is 16.8. The number of hydrogen-bond acceptors (Lipinski definition) is 2. The summed E-state index contributed by atoms with van der Waals surface area (Å²) >= 11 is 0. The number of rotatable bonds is 10. The van der Waals surface area contributed by atoms with E-state index in [-0.39, 0.29) is 0 Å². The Labute approximate surface area is 130 Å². The van der Waals surface area contributed by atoms with E-state index in [1.807, 2.05) is 0 Å². The van der Waals surface area contributed by atoms with Gasteiger partial charge in [0.2, 0.25) is 0 Å². The van der Waals surface area contributed by atoms with Crippen molar-refractivity contribution < 1.29 is 9.47 Å². The lowest BCUT2D eigenvalue weighted by molar-refractivity contribution is -0.158. The van der Waals surface area contributed by atoms with Crippen LogP contribution in [-0.4, -0.2) is 24.4 Å². The van der Waals surface area contributed by atoms with E-state index in [4.69, 9.17) is 9.47 Å². The maximum absolute atomic E-state index is 5.92. The van der Waals surface area contributed by atoms with Gasteiger partial charge in [0.05, 0.1) is 24.4 Å². The molecule has 0 amide bonds. The Kier molecular flexibility index (Phi) is 6.07. The lowest BCUT2D eigenvalue weighted by Gasteiger charge is -2.46. The van der Waals surface area contributed by atoms with Crippen LogP contribution in [0.1, 0.15) is 65.2 Å². The van der Waals surface area contributed by atoms with Crippen molar-refractivity contribution >= 4 is 0 Å². The van der Waals surface area contributed by atoms with Crippen molar-refractivity contribution in [2.75, 3.05) is 0 Å². The fraction of sp³-hybridized carbons (Fsp3) is 0.789. The van der Waals surface area contributed by atoms with Crippen LogP contribution >= 0.6 is 0 Å². The Bertz CT molecular complexity index is 303. The normalized spacial score (nSPS) is 32.1. The molecule has 0 aliphatic carbocycles. The van der Waals surface area contributed by atoms with Crippen molar-refractivity contribution in [3.8, 4) is 0 Å². The molecular formula is C19H32O2. The van der Waals surface area contributed by atoms with Gasteiger partial charge in [-0.15, -0.1) is 13.2 Å². The van der Waals surface area contributed by atoms with Crippen LogP contribution in [0.4, 0.5) is 0 Å². The van der Waals surface area contributed by atoms with Gasteiger partial charge in [-0.2, -0.15) is 0 Å². The van der Waals surface area contributed by atoms with E-state index >= 15 is 0 Å². The predicted octanol–water partition coefficient (Wildman–Crippen LogP) is 5.04. The van der Waals surface area contributed by atoms with Crippen LogP contribution in [0, 0.1) is 5.41 Å². The minimum Gasteiger partial charge on any atom is -0.375 e. The summed E-state index contributed by atoms with van der Waals surface area (Å²) in [6.07, 6.45) is 15.3. The average molecular weight is 292 g/mol. The molecule has 21 heavy (non-hydrogen) atoms. The van der Waals surface area contributed by atoms with Crippen molar-refractivity contribution in [2.24, 2.45) is 5.41 Å². The van der Waals surface area contributed by atoms with Gasteiger partial charge in [-0.3, -0.25) is 0 Å². The summed E-state index contributed by atoms with van der Waals surface area (Å²) in [7, 11) is 0. The summed E-state index contributed by atoms with van der Waals surface area (Å²) in [4.78, 5) is 0. The van der Waals surface area contributed by atoms with Gasteiger partial charge >= 0.3 is 0 Å². The monoisotopic (exact) mass is 292 g/mol. The van der Waals surface area contributed by atoms with Crippen molar-refractivity contribution in [3.63, 3.8) is 0 Å². The highest BCUT2D eigenvalue weighted by Crippen LogP contribution is 2.46. The Hall–Kier alpha value is -0.600. The fourth-order valence-corrected chi connectivity index (χ4v) is 4.04. The Balaban J connectivity index is 1.98. The molecule has 0 N–H and O–H groups in total. The molecule has 2 fully saturated rings. The van der Waals surface area contributed by atoms with E-state index in [9.17, 15) is 0 Å². The molecule has 2 heteroatoms. The summed E-state index contributed by atoms with van der Waals surface area (Å²) in [5, 5.41) is 0. The smallest absolute Gasteiger partial charge is 0.0608 e. The lowest BCUT2D eigenvalue weighted by Crippen LogP contribution is -2.44. The summed E-state index contributed by atoms with van der Waals surface area (Å²) in [5.41, 5.74) is 0.331. The third-order valence-corrected chi connectivity index (χ3v) is 5.12. The van der Waals surface area contributed by atoms with E-state index in [2.05, 4.69) is 39.2 Å². The van der Waals surface area contributed by atoms with Crippen LogP contribution in [-0.2, 0) is 9.47 Å². The molecule has 2 saturated heterocycles. The summed E-state index contributed by atoms with van der Waals surface area (Å²) in [6.45, 7) is 12.2. The van der Waals surface area contributed by atoms with Crippen molar-refractivity contribution in [3.05, 3.63) is 25.3 Å². The first-order valence-corrected chi connectivity index (χ1v) is 8.59. The van der Waals surface area contributed by atoms with Gasteiger partial charge in [0.15, 0.2) is 0 Å². The van der Waals surface area contributed by atoms with Crippen molar-refractivity contribution in [2.45, 2.75) is 89.6 Å². The topological polar surface area (TPSA) is 18.5 Å². The second-order valence-corrected chi connectivity index (χ2v) is 7.17.